The molecule has 2 aromatic carbocycles. The molecule has 4 saturated heterocycles. The Morgan fingerprint density at radius 3 is 1.13 bits per heavy atom. The van der Waals surface area contributed by atoms with E-state index in [4.69, 9.17) is 47.4 Å². The van der Waals surface area contributed by atoms with Gasteiger partial charge >= 0.3 is 0 Å². The van der Waals surface area contributed by atoms with Crippen LogP contribution in [-0.4, -0.2) is 157 Å². The third-order valence-electron chi connectivity index (χ3n) is 10.1. The van der Waals surface area contributed by atoms with Gasteiger partial charge in [-0.3, -0.25) is 0 Å². The first-order valence-electron chi connectivity index (χ1n) is 16.7. The van der Waals surface area contributed by atoms with E-state index >= 15 is 0 Å². The number of methoxy groups -OCH3 is 4. The van der Waals surface area contributed by atoms with Gasteiger partial charge in [0.15, 0.2) is 23.0 Å². The first-order valence-corrected chi connectivity index (χ1v) is 16.7. The molecular formula is C34H46O18. The van der Waals surface area contributed by atoms with Crippen molar-refractivity contribution in [1.82, 2.24) is 0 Å². The second-order valence-electron chi connectivity index (χ2n) is 13.0. The van der Waals surface area contributed by atoms with Gasteiger partial charge in [0.2, 0.25) is 24.1 Å². The summed E-state index contributed by atoms with van der Waals surface area (Å²) < 4.78 is 58.0. The van der Waals surface area contributed by atoms with Crippen LogP contribution in [0.25, 0.3) is 0 Å². The Labute approximate surface area is 298 Å². The molecule has 52 heavy (non-hydrogen) atoms. The van der Waals surface area contributed by atoms with E-state index in [1.165, 1.54) is 28.4 Å². The van der Waals surface area contributed by atoms with Crippen LogP contribution >= 0.6 is 0 Å². The van der Waals surface area contributed by atoms with Crippen LogP contribution in [0.15, 0.2) is 24.3 Å². The van der Waals surface area contributed by atoms with Crippen molar-refractivity contribution < 1.29 is 88.2 Å². The first-order chi connectivity index (χ1) is 25.0. The molecule has 0 aliphatic carbocycles. The zero-order valence-corrected chi connectivity index (χ0v) is 28.9. The van der Waals surface area contributed by atoms with Crippen molar-refractivity contribution in [3.8, 4) is 34.5 Å². The SMILES string of the molecule is COc1cc([C@@H]2OC[C@@H]3[C@H]2CO[C@H]3c2cc(OC)c(O[C@H]3O[C@@H](CO)[C@H](O)[C@@H](O)[C@@H]3O)c(OC)c2)cc(OC)c1O[C@H]1O[C@@H](CO)[C@H](O)[C@@H](O)[C@@H]1O. The smallest absolute Gasteiger partial charge is 0.229 e. The Morgan fingerprint density at radius 2 is 0.846 bits per heavy atom. The molecule has 6 rings (SSSR count). The predicted octanol–water partition coefficient (Wildman–Crippen LogP) is -1.85. The van der Waals surface area contributed by atoms with Crippen LogP contribution in [0.2, 0.25) is 0 Å². The number of fused-ring (bicyclic) bond motifs is 1. The van der Waals surface area contributed by atoms with Gasteiger partial charge < -0.3 is 88.2 Å². The topological polar surface area (TPSA) is 254 Å². The molecule has 4 aliphatic heterocycles. The second kappa shape index (κ2) is 16.0. The minimum absolute atomic E-state index is 0.0541. The number of rotatable bonds is 12. The zero-order valence-electron chi connectivity index (χ0n) is 28.9. The molecule has 0 saturated carbocycles. The van der Waals surface area contributed by atoms with E-state index < -0.39 is 86.8 Å². The maximum atomic E-state index is 10.5. The van der Waals surface area contributed by atoms with Crippen LogP contribution in [-0.2, 0) is 18.9 Å². The molecule has 18 nitrogen and oxygen atoms in total. The highest BCUT2D eigenvalue weighted by atomic mass is 16.7. The second-order valence-corrected chi connectivity index (χ2v) is 13.0. The molecule has 0 unspecified atom stereocenters. The number of aliphatic hydroxyl groups excluding tert-OH is 8. The average molecular weight is 743 g/mol. The highest BCUT2D eigenvalue weighted by molar-refractivity contribution is 5.56. The Bertz CT molecular complexity index is 1360. The van der Waals surface area contributed by atoms with E-state index in [-0.39, 0.29) is 46.3 Å². The van der Waals surface area contributed by atoms with E-state index in [2.05, 4.69) is 0 Å². The minimum Gasteiger partial charge on any atom is -0.493 e. The van der Waals surface area contributed by atoms with Crippen LogP contribution in [0.3, 0.4) is 0 Å². The summed E-state index contributed by atoms with van der Waals surface area (Å²) in [4.78, 5) is 0. The molecule has 4 heterocycles. The fourth-order valence-electron chi connectivity index (χ4n) is 7.16. The van der Waals surface area contributed by atoms with Crippen LogP contribution in [0, 0.1) is 11.8 Å². The summed E-state index contributed by atoms with van der Waals surface area (Å²) >= 11 is 0. The molecule has 0 aromatic heterocycles. The predicted molar refractivity (Wildman–Crippen MR) is 172 cm³/mol. The summed E-state index contributed by atoms with van der Waals surface area (Å²) in [6.45, 7) is -0.604. The highest BCUT2D eigenvalue weighted by Gasteiger charge is 2.50. The third kappa shape index (κ3) is 6.94. The van der Waals surface area contributed by atoms with Gasteiger partial charge in [-0.05, 0) is 35.4 Å². The van der Waals surface area contributed by atoms with Crippen molar-refractivity contribution in [1.29, 1.82) is 0 Å². The number of hydrogen-bond donors (Lipinski definition) is 8. The quantitative estimate of drug-likeness (QED) is 0.119. The molecule has 0 amide bonds. The fourth-order valence-corrected chi connectivity index (χ4v) is 7.16. The number of ether oxygens (including phenoxy) is 10. The van der Waals surface area contributed by atoms with Crippen molar-refractivity contribution in [3.63, 3.8) is 0 Å². The van der Waals surface area contributed by atoms with E-state index in [9.17, 15) is 40.9 Å². The summed E-state index contributed by atoms with van der Waals surface area (Å²) in [7, 11) is 5.66. The van der Waals surface area contributed by atoms with Crippen LogP contribution in [0.1, 0.15) is 23.3 Å². The molecule has 4 fully saturated rings. The molecule has 0 bridgehead atoms. The van der Waals surface area contributed by atoms with Gasteiger partial charge in [-0.1, -0.05) is 0 Å². The number of hydrogen-bond acceptors (Lipinski definition) is 18. The Kier molecular flexibility index (Phi) is 11.8. The normalized spacial score (nSPS) is 37.3. The maximum absolute atomic E-state index is 10.5. The van der Waals surface area contributed by atoms with Crippen molar-refractivity contribution in [2.45, 2.75) is 73.6 Å². The van der Waals surface area contributed by atoms with Crippen molar-refractivity contribution in [2.75, 3.05) is 54.9 Å². The summed E-state index contributed by atoms with van der Waals surface area (Å²) in [5.74, 6) is 0.683. The summed E-state index contributed by atoms with van der Waals surface area (Å²) in [6.07, 6.45) is -15.9. The van der Waals surface area contributed by atoms with Gasteiger partial charge in [0, 0.05) is 11.8 Å². The van der Waals surface area contributed by atoms with E-state index in [1.54, 1.807) is 24.3 Å². The van der Waals surface area contributed by atoms with Gasteiger partial charge in [-0.15, -0.1) is 0 Å². The molecule has 4 aliphatic rings. The van der Waals surface area contributed by atoms with Gasteiger partial charge in [0.05, 0.1) is 67.1 Å². The zero-order chi connectivity index (χ0) is 37.4. The molecule has 0 spiro atoms. The maximum Gasteiger partial charge on any atom is 0.229 e. The Hall–Kier alpha value is -3.24. The van der Waals surface area contributed by atoms with E-state index in [0.717, 1.165) is 0 Å². The van der Waals surface area contributed by atoms with Gasteiger partial charge in [0.1, 0.15) is 48.8 Å². The largest absolute Gasteiger partial charge is 0.493 e. The first kappa shape index (κ1) is 38.5. The molecule has 14 atom stereocenters. The van der Waals surface area contributed by atoms with Crippen LogP contribution in [0.4, 0.5) is 0 Å². The number of benzene rings is 2. The summed E-state index contributed by atoms with van der Waals surface area (Å²) in [5, 5.41) is 81.0. The van der Waals surface area contributed by atoms with Gasteiger partial charge in [0.25, 0.3) is 0 Å². The summed E-state index contributed by atoms with van der Waals surface area (Å²) in [5.41, 5.74) is 1.37. The lowest BCUT2D eigenvalue weighted by Crippen LogP contribution is -2.60. The van der Waals surface area contributed by atoms with Crippen molar-refractivity contribution in [2.24, 2.45) is 11.8 Å². The van der Waals surface area contributed by atoms with Gasteiger partial charge in [-0.2, -0.15) is 0 Å². The van der Waals surface area contributed by atoms with Gasteiger partial charge in [-0.25, -0.2) is 0 Å². The van der Waals surface area contributed by atoms with Crippen molar-refractivity contribution in [3.05, 3.63) is 35.4 Å². The molecule has 0 radical (unpaired) electrons. The summed E-state index contributed by atoms with van der Waals surface area (Å²) in [6, 6.07) is 6.78. The van der Waals surface area contributed by atoms with E-state index in [1.807, 2.05) is 0 Å². The molecule has 290 valence electrons. The third-order valence-corrected chi connectivity index (χ3v) is 10.1. The highest BCUT2D eigenvalue weighted by Crippen LogP contribution is 2.54. The minimum atomic E-state index is -1.65. The van der Waals surface area contributed by atoms with Crippen LogP contribution in [0.5, 0.6) is 34.5 Å². The molecule has 8 N–H and O–H groups in total. The monoisotopic (exact) mass is 742 g/mol. The Morgan fingerprint density at radius 1 is 0.519 bits per heavy atom. The van der Waals surface area contributed by atoms with Crippen LogP contribution < -0.4 is 28.4 Å². The molecular weight excluding hydrogens is 696 g/mol. The lowest BCUT2D eigenvalue weighted by Gasteiger charge is -2.39. The number of aliphatic hydroxyl groups is 8. The fraction of sp³-hybridized carbons (Fsp3) is 0.647. The standard InChI is InChI=1S/C34H46O18/c1-43-17-5-13(6-18(44-2)31(17)51-33-27(41)25(39)23(37)21(9-35)49-33)29-15-11-48-30(16(15)12-47-29)14-7-19(45-3)32(20(8-14)46-4)52-34-28(42)26(40)24(38)22(10-36)50-34/h5-8,15-16,21-30,33-42H,9-12H2,1-4H3/t15-,16-,21+,22+,23+,24+,25-,26-,27+,28+,29+,30+,33-,34-/m1/s1. The molecule has 18 heteroatoms. The average Bonchev–Trinajstić information content (AvgIpc) is 3.78. The Balaban J connectivity index is 1.22. The molecule has 2 aromatic rings. The lowest BCUT2D eigenvalue weighted by molar-refractivity contribution is -0.277. The van der Waals surface area contributed by atoms with Crippen molar-refractivity contribution >= 4 is 0 Å². The van der Waals surface area contributed by atoms with E-state index in [0.29, 0.717) is 24.3 Å². The lowest BCUT2D eigenvalue weighted by atomic mass is 9.84.